The Hall–Kier alpha value is -1.70. The number of unbranched alkanes of at least 4 members (excludes halogenated alkanes) is 1. The van der Waals surface area contributed by atoms with Crippen LogP contribution in [0.25, 0.3) is 0 Å². The molecular weight excluding hydrogens is 257 g/mol. The number of ether oxygens (including phenoxy) is 1. The van der Waals surface area contributed by atoms with Crippen LogP contribution < -0.4 is 16.0 Å². The minimum Gasteiger partial charge on any atom is -0.463 e. The number of esters is 1. The summed E-state index contributed by atoms with van der Waals surface area (Å²) in [4.78, 5) is 34.4. The molecule has 1 rings (SSSR count). The van der Waals surface area contributed by atoms with Gasteiger partial charge in [-0.2, -0.15) is 0 Å². The summed E-state index contributed by atoms with van der Waals surface area (Å²) in [6.07, 6.45) is 0.130. The third kappa shape index (κ3) is 3.19. The predicted octanol–water partition coefficient (Wildman–Crippen LogP) is -0.187. The number of nitrogens with one attached hydrogen (secondary N) is 3. The monoisotopic (exact) mass is 275 g/mol. The summed E-state index contributed by atoms with van der Waals surface area (Å²) in [5.74, 6) is -2.63. The predicted molar refractivity (Wildman–Crippen MR) is 63.8 cm³/mol. The Morgan fingerprint density at radius 1 is 1.47 bits per heavy atom. The number of urea groups is 1. The number of imide groups is 1. The van der Waals surface area contributed by atoms with Crippen molar-refractivity contribution >= 4 is 17.9 Å². The molecule has 1 aliphatic rings. The van der Waals surface area contributed by atoms with Gasteiger partial charge in [-0.1, -0.05) is 13.3 Å². The van der Waals surface area contributed by atoms with Crippen LogP contribution in [0.3, 0.4) is 0 Å². The van der Waals surface area contributed by atoms with Crippen molar-refractivity contribution < 1.29 is 23.5 Å². The molecule has 1 heterocycles. The summed E-state index contributed by atoms with van der Waals surface area (Å²) >= 11 is 0. The van der Waals surface area contributed by atoms with Crippen LogP contribution in [0.5, 0.6) is 0 Å². The molecule has 0 spiro atoms. The molecule has 0 aromatic heterocycles. The summed E-state index contributed by atoms with van der Waals surface area (Å²) in [5, 5.41) is 6.55. The lowest BCUT2D eigenvalue weighted by Gasteiger charge is -2.35. The van der Waals surface area contributed by atoms with Gasteiger partial charge in [-0.15, -0.1) is 0 Å². The third-order valence-electron chi connectivity index (χ3n) is 2.68. The Kier molecular flexibility index (Phi) is 5.22. The molecule has 19 heavy (non-hydrogen) atoms. The maximum Gasteiger partial charge on any atom is 0.357 e. The Morgan fingerprint density at radius 3 is 2.74 bits per heavy atom. The SMILES string of the molecule is CCCCNC1NC(=O)NC(=O)C1(F)C(=O)OCC. The van der Waals surface area contributed by atoms with E-state index in [0.29, 0.717) is 13.0 Å². The summed E-state index contributed by atoms with van der Waals surface area (Å²) < 4.78 is 19.2. The molecule has 1 saturated heterocycles. The van der Waals surface area contributed by atoms with Gasteiger partial charge in [-0.25, -0.2) is 14.0 Å². The van der Waals surface area contributed by atoms with Gasteiger partial charge in [0.05, 0.1) is 6.61 Å². The number of alkyl halides is 1. The van der Waals surface area contributed by atoms with Crippen molar-refractivity contribution in [1.82, 2.24) is 16.0 Å². The second kappa shape index (κ2) is 6.46. The normalized spacial score (nSPS) is 26.6. The molecule has 1 fully saturated rings. The highest BCUT2D eigenvalue weighted by Gasteiger charge is 2.58. The van der Waals surface area contributed by atoms with Gasteiger partial charge in [0.1, 0.15) is 6.17 Å². The number of rotatable bonds is 6. The Balaban J connectivity index is 2.88. The van der Waals surface area contributed by atoms with Gasteiger partial charge >= 0.3 is 17.7 Å². The van der Waals surface area contributed by atoms with Crippen molar-refractivity contribution in [3.8, 4) is 0 Å². The second-order valence-corrected chi connectivity index (χ2v) is 4.10. The van der Waals surface area contributed by atoms with E-state index in [9.17, 15) is 18.8 Å². The average molecular weight is 275 g/mol. The largest absolute Gasteiger partial charge is 0.463 e. The van der Waals surface area contributed by atoms with E-state index in [1.807, 2.05) is 6.92 Å². The summed E-state index contributed by atoms with van der Waals surface area (Å²) in [6.45, 7) is 3.73. The molecule has 2 atom stereocenters. The molecule has 3 N–H and O–H groups in total. The second-order valence-electron chi connectivity index (χ2n) is 4.10. The Labute approximate surface area is 110 Å². The first-order valence-corrected chi connectivity index (χ1v) is 6.18. The van der Waals surface area contributed by atoms with Crippen LogP contribution in [0.2, 0.25) is 0 Å². The van der Waals surface area contributed by atoms with E-state index in [0.717, 1.165) is 6.42 Å². The van der Waals surface area contributed by atoms with Crippen LogP contribution in [-0.2, 0) is 14.3 Å². The Morgan fingerprint density at radius 2 is 2.16 bits per heavy atom. The zero-order chi connectivity index (χ0) is 14.5. The average Bonchev–Trinajstić information content (AvgIpc) is 2.35. The molecule has 2 unspecified atom stereocenters. The highest BCUT2D eigenvalue weighted by Crippen LogP contribution is 2.21. The van der Waals surface area contributed by atoms with Crippen LogP contribution >= 0.6 is 0 Å². The lowest BCUT2D eigenvalue weighted by atomic mass is 9.99. The van der Waals surface area contributed by atoms with E-state index in [4.69, 9.17) is 0 Å². The lowest BCUT2D eigenvalue weighted by molar-refractivity contribution is -0.166. The third-order valence-corrected chi connectivity index (χ3v) is 2.68. The van der Waals surface area contributed by atoms with Gasteiger partial charge in [0.25, 0.3) is 5.91 Å². The number of carbonyl (C=O) groups excluding carboxylic acids is 3. The first-order chi connectivity index (χ1) is 8.96. The van der Waals surface area contributed by atoms with Crippen molar-refractivity contribution in [2.45, 2.75) is 38.5 Å². The van der Waals surface area contributed by atoms with Crippen LogP contribution in [0.15, 0.2) is 0 Å². The van der Waals surface area contributed by atoms with Gasteiger partial charge < -0.3 is 10.1 Å². The number of hydrogen-bond donors (Lipinski definition) is 3. The van der Waals surface area contributed by atoms with Crippen molar-refractivity contribution in [2.24, 2.45) is 0 Å². The van der Waals surface area contributed by atoms with E-state index in [1.165, 1.54) is 6.92 Å². The van der Waals surface area contributed by atoms with Crippen molar-refractivity contribution in [3.63, 3.8) is 0 Å². The van der Waals surface area contributed by atoms with Gasteiger partial charge in [-0.05, 0) is 19.9 Å². The summed E-state index contributed by atoms with van der Waals surface area (Å²) in [7, 11) is 0. The van der Waals surface area contributed by atoms with E-state index < -0.39 is 29.7 Å². The molecule has 0 aromatic rings. The first kappa shape index (κ1) is 15.4. The number of hydrogen-bond acceptors (Lipinski definition) is 5. The maximum absolute atomic E-state index is 14.6. The molecule has 0 radical (unpaired) electrons. The van der Waals surface area contributed by atoms with E-state index >= 15 is 0 Å². The molecule has 0 aromatic carbocycles. The summed E-state index contributed by atoms with van der Waals surface area (Å²) in [6, 6.07) is -0.850. The van der Waals surface area contributed by atoms with Gasteiger partial charge in [-0.3, -0.25) is 15.4 Å². The number of amides is 3. The van der Waals surface area contributed by atoms with E-state index in [-0.39, 0.29) is 6.61 Å². The quantitative estimate of drug-likeness (QED) is 0.355. The summed E-state index contributed by atoms with van der Waals surface area (Å²) in [5.41, 5.74) is -2.96. The van der Waals surface area contributed by atoms with E-state index in [2.05, 4.69) is 15.4 Å². The molecule has 3 amide bonds. The highest BCUT2D eigenvalue weighted by molar-refractivity contribution is 6.14. The first-order valence-electron chi connectivity index (χ1n) is 6.18. The zero-order valence-corrected chi connectivity index (χ0v) is 10.9. The van der Waals surface area contributed by atoms with Gasteiger partial charge in [0, 0.05) is 0 Å². The fourth-order valence-corrected chi connectivity index (χ4v) is 1.65. The molecule has 7 nitrogen and oxygen atoms in total. The van der Waals surface area contributed by atoms with Crippen molar-refractivity contribution in [3.05, 3.63) is 0 Å². The fourth-order valence-electron chi connectivity index (χ4n) is 1.65. The molecule has 108 valence electrons. The van der Waals surface area contributed by atoms with Crippen molar-refractivity contribution in [2.75, 3.05) is 13.2 Å². The maximum atomic E-state index is 14.6. The topological polar surface area (TPSA) is 96.5 Å². The zero-order valence-electron chi connectivity index (χ0n) is 10.9. The number of carbonyl (C=O) groups is 3. The molecule has 8 heteroatoms. The van der Waals surface area contributed by atoms with E-state index in [1.54, 1.807) is 5.32 Å². The highest BCUT2D eigenvalue weighted by atomic mass is 19.1. The number of halogens is 1. The van der Waals surface area contributed by atoms with Crippen LogP contribution in [0.4, 0.5) is 9.18 Å². The molecule has 1 aliphatic heterocycles. The smallest absolute Gasteiger partial charge is 0.357 e. The van der Waals surface area contributed by atoms with Gasteiger partial charge in [0.15, 0.2) is 0 Å². The fraction of sp³-hybridized carbons (Fsp3) is 0.727. The lowest BCUT2D eigenvalue weighted by Crippen LogP contribution is -2.74. The minimum absolute atomic E-state index is 0.0621. The van der Waals surface area contributed by atoms with Crippen molar-refractivity contribution in [1.29, 1.82) is 0 Å². The Bertz CT molecular complexity index is 377. The molecule has 0 saturated carbocycles. The standard InChI is InChI=1S/C11H18FN3O4/c1-3-5-6-13-7-11(12,9(17)19-4-2)8(16)15-10(18)14-7/h7,13H,3-6H2,1-2H3,(H2,14,15,16,18). The molecular formula is C11H18FN3O4. The van der Waals surface area contributed by atoms with Crippen LogP contribution in [0.1, 0.15) is 26.7 Å². The minimum atomic E-state index is -2.96. The van der Waals surface area contributed by atoms with Crippen LogP contribution in [0, 0.1) is 0 Å². The molecule has 0 aliphatic carbocycles. The molecule has 0 bridgehead atoms. The van der Waals surface area contributed by atoms with Crippen LogP contribution in [-0.4, -0.2) is 42.9 Å². The van der Waals surface area contributed by atoms with Gasteiger partial charge in [0.2, 0.25) is 0 Å².